The molecule has 0 spiro atoms. The number of carbonyl (C=O) groups is 1. The van der Waals surface area contributed by atoms with Gasteiger partial charge in [-0.05, 0) is 20.8 Å². The summed E-state index contributed by atoms with van der Waals surface area (Å²) in [7, 11) is 0. The predicted molar refractivity (Wildman–Crippen MR) is 57.5 cm³/mol. The molecule has 0 atom stereocenters. The topological polar surface area (TPSA) is 17.1 Å². The van der Waals surface area contributed by atoms with Gasteiger partial charge in [0.2, 0.25) is 0 Å². The van der Waals surface area contributed by atoms with E-state index in [1.807, 2.05) is 26.8 Å². The lowest BCUT2D eigenvalue weighted by Gasteiger charge is -2.00. The van der Waals surface area contributed by atoms with E-state index in [0.717, 1.165) is 5.57 Å². The highest BCUT2D eigenvalue weighted by atomic mass is 16.1. The Morgan fingerprint density at radius 1 is 1.31 bits per heavy atom. The first-order chi connectivity index (χ1) is 6.02. The molecular weight excluding hydrogens is 160 g/mol. The fraction of sp³-hybridized carbons (Fsp3) is 0.250. The molecule has 0 aliphatic heterocycles. The molecule has 0 aliphatic rings. The normalized spacial score (nSPS) is 10.5. The van der Waals surface area contributed by atoms with Crippen molar-refractivity contribution in [3.05, 3.63) is 48.1 Å². The molecule has 0 saturated carbocycles. The molecule has 0 aromatic rings. The fourth-order valence-electron chi connectivity index (χ4n) is 0.869. The Balaban J connectivity index is 4.83. The molecule has 0 bridgehead atoms. The maximum absolute atomic E-state index is 11.6. The molecule has 0 amide bonds. The van der Waals surface area contributed by atoms with E-state index in [1.165, 1.54) is 6.08 Å². The van der Waals surface area contributed by atoms with Crippen LogP contribution in [0.4, 0.5) is 0 Å². The van der Waals surface area contributed by atoms with Crippen molar-refractivity contribution in [1.29, 1.82) is 0 Å². The zero-order valence-corrected chi connectivity index (χ0v) is 8.55. The van der Waals surface area contributed by atoms with Gasteiger partial charge in [-0.25, -0.2) is 0 Å². The Bertz CT molecular complexity index is 286. The molecule has 0 aromatic carbocycles. The maximum atomic E-state index is 11.6. The van der Waals surface area contributed by atoms with Gasteiger partial charge in [-0.1, -0.05) is 37.0 Å². The molecule has 0 radical (unpaired) electrons. The second-order valence-corrected chi connectivity index (χ2v) is 3.02. The van der Waals surface area contributed by atoms with Gasteiger partial charge in [0.25, 0.3) is 0 Å². The van der Waals surface area contributed by atoms with Crippen LogP contribution < -0.4 is 0 Å². The van der Waals surface area contributed by atoms with Crippen LogP contribution in [-0.2, 0) is 4.79 Å². The minimum Gasteiger partial charge on any atom is -0.289 e. The number of ketones is 1. The van der Waals surface area contributed by atoms with Gasteiger partial charge >= 0.3 is 0 Å². The summed E-state index contributed by atoms with van der Waals surface area (Å²) in [5, 5.41) is 0. The van der Waals surface area contributed by atoms with Crippen LogP contribution in [0.5, 0.6) is 0 Å². The monoisotopic (exact) mass is 176 g/mol. The highest BCUT2D eigenvalue weighted by Gasteiger charge is 2.06. The third kappa shape index (κ3) is 3.70. The van der Waals surface area contributed by atoms with Crippen molar-refractivity contribution in [3.63, 3.8) is 0 Å². The summed E-state index contributed by atoms with van der Waals surface area (Å²) >= 11 is 0. The van der Waals surface area contributed by atoms with E-state index < -0.39 is 0 Å². The zero-order valence-electron chi connectivity index (χ0n) is 8.55. The standard InChI is InChI=1S/C12H16O/c1-6-10(5)12(13)11(7-2)8-9(3)4/h6-8H,1,5H2,2-4H3. The van der Waals surface area contributed by atoms with E-state index in [-0.39, 0.29) is 5.78 Å². The summed E-state index contributed by atoms with van der Waals surface area (Å²) < 4.78 is 0. The smallest absolute Gasteiger partial charge is 0.192 e. The van der Waals surface area contributed by atoms with Crippen LogP contribution >= 0.6 is 0 Å². The summed E-state index contributed by atoms with van der Waals surface area (Å²) in [6, 6.07) is 0. The van der Waals surface area contributed by atoms with Crippen LogP contribution in [0.2, 0.25) is 0 Å². The molecule has 0 saturated heterocycles. The van der Waals surface area contributed by atoms with Crippen molar-refractivity contribution in [2.45, 2.75) is 20.8 Å². The minimum atomic E-state index is -0.0568. The maximum Gasteiger partial charge on any atom is 0.192 e. The predicted octanol–water partition coefficient (Wildman–Crippen LogP) is 3.21. The van der Waals surface area contributed by atoms with Gasteiger partial charge in [-0.2, -0.15) is 0 Å². The van der Waals surface area contributed by atoms with Crippen LogP contribution in [0.25, 0.3) is 0 Å². The van der Waals surface area contributed by atoms with Gasteiger partial charge in [-0.3, -0.25) is 4.79 Å². The minimum absolute atomic E-state index is 0.0568. The zero-order chi connectivity index (χ0) is 10.4. The first-order valence-electron chi connectivity index (χ1n) is 4.20. The summed E-state index contributed by atoms with van der Waals surface area (Å²) in [5.74, 6) is -0.0568. The Morgan fingerprint density at radius 3 is 2.15 bits per heavy atom. The molecular formula is C12H16O. The fourth-order valence-corrected chi connectivity index (χ4v) is 0.869. The molecule has 0 aliphatic carbocycles. The first kappa shape index (κ1) is 11.6. The lowest BCUT2D eigenvalue weighted by atomic mass is 10.0. The van der Waals surface area contributed by atoms with E-state index in [4.69, 9.17) is 0 Å². The SMILES string of the molecule is C=CC(=C)C(=O)C(C=C(C)C)=CC. The van der Waals surface area contributed by atoms with Gasteiger partial charge < -0.3 is 0 Å². The van der Waals surface area contributed by atoms with Crippen molar-refractivity contribution in [2.24, 2.45) is 0 Å². The van der Waals surface area contributed by atoms with Crippen LogP contribution in [-0.4, -0.2) is 5.78 Å². The first-order valence-corrected chi connectivity index (χ1v) is 4.20. The van der Waals surface area contributed by atoms with Crippen LogP contribution in [0, 0.1) is 0 Å². The number of Topliss-reactive ketones (excluding diaryl/α,β-unsaturated/α-hetero) is 1. The second-order valence-electron chi connectivity index (χ2n) is 3.02. The summed E-state index contributed by atoms with van der Waals surface area (Å²) in [6.07, 6.45) is 5.10. The lowest BCUT2D eigenvalue weighted by Crippen LogP contribution is -2.01. The number of carbonyl (C=O) groups excluding carboxylic acids is 1. The van der Waals surface area contributed by atoms with Gasteiger partial charge in [-0.15, -0.1) is 0 Å². The molecule has 0 N–H and O–H groups in total. The van der Waals surface area contributed by atoms with Crippen LogP contribution in [0.15, 0.2) is 48.1 Å². The molecule has 0 fully saturated rings. The molecule has 70 valence electrons. The molecule has 0 rings (SSSR count). The summed E-state index contributed by atoms with van der Waals surface area (Å²) in [5.41, 5.74) is 2.20. The quantitative estimate of drug-likeness (QED) is 0.475. The third-order valence-electron chi connectivity index (χ3n) is 1.56. The molecule has 1 heteroatoms. The molecule has 1 nitrogen and oxygen atoms in total. The largest absolute Gasteiger partial charge is 0.289 e. The summed E-state index contributed by atoms with van der Waals surface area (Å²) in [4.78, 5) is 11.6. The third-order valence-corrected chi connectivity index (χ3v) is 1.56. The molecule has 0 aromatic heterocycles. The van der Waals surface area contributed by atoms with Crippen LogP contribution in [0.1, 0.15) is 20.8 Å². The van der Waals surface area contributed by atoms with E-state index in [2.05, 4.69) is 13.2 Å². The highest BCUT2D eigenvalue weighted by Crippen LogP contribution is 2.09. The second kappa shape index (κ2) is 5.31. The van der Waals surface area contributed by atoms with E-state index >= 15 is 0 Å². The van der Waals surface area contributed by atoms with E-state index in [0.29, 0.717) is 11.1 Å². The van der Waals surface area contributed by atoms with Gasteiger partial charge in [0, 0.05) is 11.1 Å². The van der Waals surface area contributed by atoms with Crippen molar-refractivity contribution >= 4 is 5.78 Å². The molecule has 0 unspecified atom stereocenters. The van der Waals surface area contributed by atoms with Crippen molar-refractivity contribution < 1.29 is 4.79 Å². The van der Waals surface area contributed by atoms with Crippen molar-refractivity contribution in [1.82, 2.24) is 0 Å². The van der Waals surface area contributed by atoms with E-state index in [9.17, 15) is 4.79 Å². The molecule has 0 heterocycles. The summed E-state index contributed by atoms with van der Waals surface area (Å²) in [6.45, 7) is 12.9. The number of allylic oxidation sites excluding steroid dienone is 6. The number of hydrogen-bond acceptors (Lipinski definition) is 1. The Labute approximate surface area is 80.2 Å². The number of hydrogen-bond donors (Lipinski definition) is 0. The number of rotatable bonds is 4. The Kier molecular flexibility index (Phi) is 4.75. The molecule has 13 heavy (non-hydrogen) atoms. The Hall–Kier alpha value is -1.37. The van der Waals surface area contributed by atoms with Crippen molar-refractivity contribution in [3.8, 4) is 0 Å². The van der Waals surface area contributed by atoms with E-state index in [1.54, 1.807) is 6.08 Å². The lowest BCUT2D eigenvalue weighted by molar-refractivity contribution is -0.111. The van der Waals surface area contributed by atoms with Gasteiger partial charge in [0.1, 0.15) is 0 Å². The van der Waals surface area contributed by atoms with Gasteiger partial charge in [0.15, 0.2) is 5.78 Å². The Morgan fingerprint density at radius 2 is 1.85 bits per heavy atom. The van der Waals surface area contributed by atoms with Gasteiger partial charge in [0.05, 0.1) is 0 Å². The van der Waals surface area contributed by atoms with Crippen LogP contribution in [0.3, 0.4) is 0 Å². The van der Waals surface area contributed by atoms with Crippen molar-refractivity contribution in [2.75, 3.05) is 0 Å². The average molecular weight is 176 g/mol. The average Bonchev–Trinajstić information content (AvgIpc) is 2.11. The highest BCUT2D eigenvalue weighted by molar-refractivity contribution is 6.11.